The molecule has 2 heterocycles. The summed E-state index contributed by atoms with van der Waals surface area (Å²) in [7, 11) is 0. The highest BCUT2D eigenvalue weighted by Crippen LogP contribution is 2.05. The molecule has 0 spiro atoms. The van der Waals surface area contributed by atoms with Crippen molar-refractivity contribution in [1.29, 1.82) is 5.26 Å². The summed E-state index contributed by atoms with van der Waals surface area (Å²) < 4.78 is 1.45. The fourth-order valence-electron chi connectivity index (χ4n) is 1.08. The van der Waals surface area contributed by atoms with Crippen molar-refractivity contribution in [3.8, 4) is 11.9 Å². The summed E-state index contributed by atoms with van der Waals surface area (Å²) >= 11 is 0. The van der Waals surface area contributed by atoms with Crippen LogP contribution in [0.15, 0.2) is 31.1 Å². The van der Waals surface area contributed by atoms with Crippen LogP contribution in [0.4, 0.5) is 0 Å². The van der Waals surface area contributed by atoms with Gasteiger partial charge < -0.3 is 0 Å². The minimum absolute atomic E-state index is 0.268. The van der Waals surface area contributed by atoms with E-state index in [0.29, 0.717) is 5.82 Å². The molecule has 0 aromatic carbocycles. The topological polar surface area (TPSA) is 67.4 Å². The van der Waals surface area contributed by atoms with Crippen LogP contribution in [0, 0.1) is 11.3 Å². The molecule has 2 aromatic heterocycles. The summed E-state index contributed by atoms with van der Waals surface area (Å²) in [6.45, 7) is 3.63. The summed E-state index contributed by atoms with van der Waals surface area (Å²) in [5.41, 5.74) is 1.20. The Labute approximate surface area is 86.3 Å². The van der Waals surface area contributed by atoms with Gasteiger partial charge in [0.15, 0.2) is 11.5 Å². The lowest BCUT2D eigenvalue weighted by Crippen LogP contribution is -1.97. The molecule has 5 heteroatoms. The Morgan fingerprint density at radius 2 is 2.33 bits per heavy atom. The Morgan fingerprint density at radius 1 is 1.47 bits per heavy atom. The van der Waals surface area contributed by atoms with E-state index in [1.54, 1.807) is 18.3 Å². The number of hydrogen-bond donors (Lipinski definition) is 0. The van der Waals surface area contributed by atoms with E-state index < -0.39 is 0 Å². The minimum Gasteiger partial charge on any atom is -0.236 e. The maximum absolute atomic E-state index is 8.58. The monoisotopic (exact) mass is 197 g/mol. The van der Waals surface area contributed by atoms with E-state index in [4.69, 9.17) is 5.26 Å². The zero-order valence-corrected chi connectivity index (χ0v) is 7.83. The molecule has 0 amide bonds. The molecule has 0 atom stereocenters. The smallest absolute Gasteiger partial charge is 0.183 e. The molecule has 0 saturated carbocycles. The van der Waals surface area contributed by atoms with E-state index >= 15 is 0 Å². The van der Waals surface area contributed by atoms with Gasteiger partial charge in [-0.05, 0) is 17.7 Å². The lowest BCUT2D eigenvalue weighted by atomic mass is 10.3. The molecule has 0 fully saturated rings. The molecule has 5 nitrogen and oxygen atoms in total. The third kappa shape index (κ3) is 1.74. The molecule has 0 aliphatic rings. The summed E-state index contributed by atoms with van der Waals surface area (Å²) in [6, 6.07) is 5.55. The van der Waals surface area contributed by atoms with Gasteiger partial charge in [-0.1, -0.05) is 17.9 Å². The van der Waals surface area contributed by atoms with E-state index in [-0.39, 0.29) is 5.69 Å². The molecule has 0 unspecified atom stereocenters. The van der Waals surface area contributed by atoms with E-state index in [9.17, 15) is 0 Å². The first kappa shape index (κ1) is 9.09. The van der Waals surface area contributed by atoms with Crippen molar-refractivity contribution in [2.75, 3.05) is 0 Å². The highest BCUT2D eigenvalue weighted by atomic mass is 15.4. The molecule has 2 rings (SSSR count). The predicted molar refractivity (Wildman–Crippen MR) is 54.0 cm³/mol. The van der Waals surface area contributed by atoms with Crippen molar-refractivity contribution in [3.05, 3.63) is 42.4 Å². The normalized spacial score (nSPS) is 9.53. The second-order valence-corrected chi connectivity index (χ2v) is 2.81. The maximum atomic E-state index is 8.58. The molecule has 15 heavy (non-hydrogen) atoms. The van der Waals surface area contributed by atoms with Crippen LogP contribution >= 0.6 is 0 Å². The third-order valence-corrected chi connectivity index (χ3v) is 1.85. The van der Waals surface area contributed by atoms with E-state index in [1.165, 1.54) is 10.9 Å². The van der Waals surface area contributed by atoms with Crippen molar-refractivity contribution < 1.29 is 0 Å². The second-order valence-electron chi connectivity index (χ2n) is 2.81. The number of rotatable bonds is 2. The van der Waals surface area contributed by atoms with Crippen molar-refractivity contribution in [1.82, 2.24) is 20.0 Å². The van der Waals surface area contributed by atoms with Crippen molar-refractivity contribution in [3.63, 3.8) is 0 Å². The average molecular weight is 197 g/mol. The van der Waals surface area contributed by atoms with Gasteiger partial charge in [-0.15, -0.1) is 5.10 Å². The summed E-state index contributed by atoms with van der Waals surface area (Å²) in [5.74, 6) is 0.620. The SMILES string of the molecule is C=Cc1ccc(-n2cc(C#N)nn2)nc1. The van der Waals surface area contributed by atoms with Gasteiger partial charge in [0.25, 0.3) is 0 Å². The molecule has 0 N–H and O–H groups in total. The van der Waals surface area contributed by atoms with Gasteiger partial charge in [-0.2, -0.15) is 5.26 Å². The van der Waals surface area contributed by atoms with E-state index in [1.807, 2.05) is 12.1 Å². The zero-order valence-electron chi connectivity index (χ0n) is 7.83. The minimum atomic E-state index is 0.268. The van der Waals surface area contributed by atoms with Gasteiger partial charge >= 0.3 is 0 Å². The second kappa shape index (κ2) is 3.72. The summed E-state index contributed by atoms with van der Waals surface area (Å²) in [4.78, 5) is 4.15. The Bertz CT molecular complexity index is 517. The van der Waals surface area contributed by atoms with Crippen LogP contribution in [0.2, 0.25) is 0 Å². The van der Waals surface area contributed by atoms with Gasteiger partial charge in [-0.3, -0.25) is 0 Å². The van der Waals surface area contributed by atoms with Crippen LogP contribution in [0.25, 0.3) is 11.9 Å². The van der Waals surface area contributed by atoms with Gasteiger partial charge in [0.2, 0.25) is 0 Å². The van der Waals surface area contributed by atoms with Gasteiger partial charge in [0, 0.05) is 6.20 Å². The molecular formula is C10H7N5. The van der Waals surface area contributed by atoms with Gasteiger partial charge in [0.1, 0.15) is 6.07 Å². The number of hydrogen-bond acceptors (Lipinski definition) is 4. The first-order chi connectivity index (χ1) is 7.33. The Kier molecular flexibility index (Phi) is 2.25. The van der Waals surface area contributed by atoms with Crippen LogP contribution in [0.3, 0.4) is 0 Å². The zero-order chi connectivity index (χ0) is 10.7. The molecule has 2 aromatic rings. The lowest BCUT2D eigenvalue weighted by Gasteiger charge is -1.98. The van der Waals surface area contributed by atoms with E-state index in [0.717, 1.165) is 5.56 Å². The largest absolute Gasteiger partial charge is 0.236 e. The molecule has 0 saturated heterocycles. The Balaban J connectivity index is 2.37. The van der Waals surface area contributed by atoms with Gasteiger partial charge in [0.05, 0.1) is 6.20 Å². The number of nitriles is 1. The standard InChI is InChI=1S/C10H7N5/c1-2-8-3-4-10(12-6-8)15-7-9(5-11)13-14-15/h2-4,6-7H,1H2. The molecule has 0 radical (unpaired) electrons. The van der Waals surface area contributed by atoms with Crippen LogP contribution in [0.5, 0.6) is 0 Å². The highest BCUT2D eigenvalue weighted by molar-refractivity contribution is 5.46. The highest BCUT2D eigenvalue weighted by Gasteiger charge is 2.01. The Hall–Kier alpha value is -2.48. The first-order valence-electron chi connectivity index (χ1n) is 4.25. The molecule has 0 bridgehead atoms. The lowest BCUT2D eigenvalue weighted by molar-refractivity contribution is 0.780. The van der Waals surface area contributed by atoms with E-state index in [2.05, 4.69) is 21.9 Å². The molecular weight excluding hydrogens is 190 g/mol. The van der Waals surface area contributed by atoms with Crippen molar-refractivity contribution >= 4 is 6.08 Å². The molecule has 0 aliphatic carbocycles. The van der Waals surface area contributed by atoms with Crippen LogP contribution in [-0.4, -0.2) is 20.0 Å². The third-order valence-electron chi connectivity index (χ3n) is 1.85. The van der Waals surface area contributed by atoms with Crippen LogP contribution < -0.4 is 0 Å². The fraction of sp³-hybridized carbons (Fsp3) is 0. The Morgan fingerprint density at radius 3 is 2.87 bits per heavy atom. The number of nitrogens with zero attached hydrogens (tertiary/aromatic N) is 5. The number of pyridine rings is 1. The predicted octanol–water partition coefficient (Wildman–Crippen LogP) is 1.18. The first-order valence-corrected chi connectivity index (χ1v) is 4.25. The summed E-state index contributed by atoms with van der Waals surface area (Å²) in [6.07, 6.45) is 4.91. The van der Waals surface area contributed by atoms with Crippen molar-refractivity contribution in [2.45, 2.75) is 0 Å². The van der Waals surface area contributed by atoms with Crippen molar-refractivity contribution in [2.24, 2.45) is 0 Å². The molecule has 0 aliphatic heterocycles. The fourth-order valence-corrected chi connectivity index (χ4v) is 1.08. The average Bonchev–Trinajstić information content (AvgIpc) is 2.78. The summed E-state index contributed by atoms with van der Waals surface area (Å²) in [5, 5.41) is 16.0. The quantitative estimate of drug-likeness (QED) is 0.724. The number of aromatic nitrogens is 4. The maximum Gasteiger partial charge on any atom is 0.183 e. The van der Waals surface area contributed by atoms with Crippen LogP contribution in [-0.2, 0) is 0 Å². The molecule has 72 valence electrons. The van der Waals surface area contributed by atoms with Crippen LogP contribution in [0.1, 0.15) is 11.3 Å². The van der Waals surface area contributed by atoms with Gasteiger partial charge in [-0.25, -0.2) is 9.67 Å².